The minimum atomic E-state index is -4.68. The lowest BCUT2D eigenvalue weighted by molar-refractivity contribution is -0.274. The first kappa shape index (κ1) is 22.4. The van der Waals surface area contributed by atoms with Gasteiger partial charge in [-0.1, -0.05) is 12.1 Å². The van der Waals surface area contributed by atoms with E-state index in [1.54, 1.807) is 6.07 Å². The summed E-state index contributed by atoms with van der Waals surface area (Å²) in [4.78, 5) is 14.6. The van der Waals surface area contributed by atoms with E-state index in [0.717, 1.165) is 63.5 Å². The van der Waals surface area contributed by atoms with Gasteiger partial charge in [0.25, 0.3) is 0 Å². The number of halogens is 3. The van der Waals surface area contributed by atoms with Crippen molar-refractivity contribution in [3.05, 3.63) is 29.8 Å². The summed E-state index contributed by atoms with van der Waals surface area (Å²) in [5.41, 5.74) is 7.20. The van der Waals surface area contributed by atoms with Crippen LogP contribution in [0.15, 0.2) is 24.3 Å². The van der Waals surface area contributed by atoms with E-state index < -0.39 is 6.36 Å². The van der Waals surface area contributed by atoms with Crippen LogP contribution >= 0.6 is 0 Å². The fourth-order valence-corrected chi connectivity index (χ4v) is 4.90. The molecule has 4 rings (SSSR count). The predicted molar refractivity (Wildman–Crippen MR) is 110 cm³/mol. The Labute approximate surface area is 181 Å². The molecule has 1 unspecified atom stereocenters. The van der Waals surface area contributed by atoms with E-state index in [1.165, 1.54) is 12.1 Å². The number of alkyl halides is 3. The Hall–Kier alpha value is -1.80. The lowest BCUT2D eigenvalue weighted by Gasteiger charge is -2.41. The van der Waals surface area contributed by atoms with Crippen LogP contribution in [0.5, 0.6) is 5.75 Å². The highest BCUT2D eigenvalue weighted by atomic mass is 19.4. The standard InChI is InChI=1S/C23H31F3N2O3/c24-23(25,26)31-19-4-1-3-17(13-19)15-8-10-18(11-9-15)30-14-21-20(27)5-2-12-28(21)22(29)16-6-7-16/h1,3-4,13,15-16,18,20-21H,2,5-12,14,27H2/t15-,18+,20-,21?/m0/s1. The van der Waals surface area contributed by atoms with E-state index in [1.807, 2.05) is 11.0 Å². The van der Waals surface area contributed by atoms with Crippen LogP contribution in [0.2, 0.25) is 0 Å². The van der Waals surface area contributed by atoms with Gasteiger partial charge in [0.05, 0.1) is 18.8 Å². The van der Waals surface area contributed by atoms with Gasteiger partial charge in [0.1, 0.15) is 5.75 Å². The second-order valence-electron chi connectivity index (χ2n) is 9.11. The molecule has 0 aromatic heterocycles. The van der Waals surface area contributed by atoms with Crippen LogP contribution in [-0.2, 0) is 9.53 Å². The molecule has 2 N–H and O–H groups in total. The molecule has 1 amide bonds. The summed E-state index contributed by atoms with van der Waals surface area (Å²) in [5, 5.41) is 0. The Morgan fingerprint density at radius 2 is 1.84 bits per heavy atom. The Bertz CT molecular complexity index is 761. The zero-order chi connectivity index (χ0) is 22.0. The average molecular weight is 441 g/mol. The van der Waals surface area contributed by atoms with Gasteiger partial charge in [-0.15, -0.1) is 13.2 Å². The van der Waals surface area contributed by atoms with Crippen LogP contribution in [-0.4, -0.2) is 48.5 Å². The fraction of sp³-hybridized carbons (Fsp3) is 0.696. The van der Waals surface area contributed by atoms with Crippen molar-refractivity contribution < 1.29 is 27.4 Å². The van der Waals surface area contributed by atoms with Gasteiger partial charge in [0, 0.05) is 18.5 Å². The van der Waals surface area contributed by atoms with Crippen molar-refractivity contribution in [2.45, 2.75) is 81.8 Å². The van der Waals surface area contributed by atoms with Crippen LogP contribution in [0.25, 0.3) is 0 Å². The number of ether oxygens (including phenoxy) is 2. The molecule has 2 atom stereocenters. The summed E-state index contributed by atoms with van der Waals surface area (Å²) < 4.78 is 47.7. The molecule has 1 aromatic rings. The first-order valence-electron chi connectivity index (χ1n) is 11.3. The maximum Gasteiger partial charge on any atom is 0.573 e. The number of rotatable bonds is 6. The number of nitrogens with zero attached hydrogens (tertiary/aromatic N) is 1. The lowest BCUT2D eigenvalue weighted by Crippen LogP contribution is -2.57. The largest absolute Gasteiger partial charge is 0.573 e. The topological polar surface area (TPSA) is 64.8 Å². The van der Waals surface area contributed by atoms with Gasteiger partial charge in [-0.2, -0.15) is 0 Å². The fourth-order valence-electron chi connectivity index (χ4n) is 4.90. The molecule has 1 aliphatic heterocycles. The highest BCUT2D eigenvalue weighted by Gasteiger charge is 2.40. The minimum absolute atomic E-state index is 0.0517. The maximum atomic E-state index is 12.6. The highest BCUT2D eigenvalue weighted by molar-refractivity contribution is 5.81. The second kappa shape index (κ2) is 9.36. The first-order valence-corrected chi connectivity index (χ1v) is 11.3. The molecular weight excluding hydrogens is 409 g/mol. The summed E-state index contributed by atoms with van der Waals surface area (Å²) in [6.07, 6.45) is 2.61. The zero-order valence-corrected chi connectivity index (χ0v) is 17.7. The first-order chi connectivity index (χ1) is 14.8. The number of hydrogen-bond donors (Lipinski definition) is 1. The number of carbonyl (C=O) groups excluding carboxylic acids is 1. The third-order valence-electron chi connectivity index (χ3n) is 6.78. The van der Waals surface area contributed by atoms with Gasteiger partial charge >= 0.3 is 6.36 Å². The van der Waals surface area contributed by atoms with Gasteiger partial charge in [0.15, 0.2) is 0 Å². The molecule has 0 radical (unpaired) electrons. The van der Waals surface area contributed by atoms with Crippen LogP contribution in [0.1, 0.15) is 62.8 Å². The maximum absolute atomic E-state index is 12.6. The molecule has 1 aromatic carbocycles. The number of nitrogens with two attached hydrogens (primary N) is 1. The van der Waals surface area contributed by atoms with Crippen molar-refractivity contribution in [3.8, 4) is 5.75 Å². The monoisotopic (exact) mass is 440 g/mol. The summed E-state index contributed by atoms with van der Waals surface area (Å²) in [7, 11) is 0. The van der Waals surface area contributed by atoms with E-state index in [0.29, 0.717) is 6.61 Å². The second-order valence-corrected chi connectivity index (χ2v) is 9.11. The number of amides is 1. The molecule has 1 heterocycles. The SMILES string of the molecule is N[C@H]1CCCN(C(=O)C2CC2)C1CO[C@H]1CC[C@@H](c2cccc(OC(F)(F)F)c2)CC1. The predicted octanol–water partition coefficient (Wildman–Crippen LogP) is 4.36. The van der Waals surface area contributed by atoms with Crippen molar-refractivity contribution >= 4 is 5.91 Å². The van der Waals surface area contributed by atoms with E-state index >= 15 is 0 Å². The molecule has 1 saturated heterocycles. The van der Waals surface area contributed by atoms with Crippen molar-refractivity contribution in [1.29, 1.82) is 0 Å². The van der Waals surface area contributed by atoms with E-state index in [9.17, 15) is 18.0 Å². The van der Waals surface area contributed by atoms with Crippen molar-refractivity contribution in [1.82, 2.24) is 4.90 Å². The molecule has 5 nitrogen and oxygen atoms in total. The van der Waals surface area contributed by atoms with Crippen molar-refractivity contribution in [2.75, 3.05) is 13.2 Å². The molecular formula is C23H31F3N2O3. The third kappa shape index (κ3) is 5.92. The molecule has 8 heteroatoms. The minimum Gasteiger partial charge on any atom is -0.406 e. The summed E-state index contributed by atoms with van der Waals surface area (Å²) >= 11 is 0. The quantitative estimate of drug-likeness (QED) is 0.714. The van der Waals surface area contributed by atoms with Gasteiger partial charge in [-0.25, -0.2) is 0 Å². The van der Waals surface area contributed by atoms with Crippen molar-refractivity contribution in [3.63, 3.8) is 0 Å². The summed E-state index contributed by atoms with van der Waals surface area (Å²) in [5.74, 6) is 0.435. The number of piperidine rings is 1. The normalized spacial score (nSPS) is 29.6. The highest BCUT2D eigenvalue weighted by Crippen LogP contribution is 2.37. The number of benzene rings is 1. The average Bonchev–Trinajstić information content (AvgIpc) is 3.57. The van der Waals surface area contributed by atoms with Crippen LogP contribution in [0.3, 0.4) is 0 Å². The molecule has 0 bridgehead atoms. The Morgan fingerprint density at radius 3 is 2.52 bits per heavy atom. The number of carbonyl (C=O) groups is 1. The van der Waals surface area contributed by atoms with Gasteiger partial charge in [-0.05, 0) is 75.0 Å². The summed E-state index contributed by atoms with van der Waals surface area (Å²) in [6, 6.07) is 6.17. The summed E-state index contributed by atoms with van der Waals surface area (Å²) in [6.45, 7) is 1.23. The van der Waals surface area contributed by atoms with Crippen LogP contribution < -0.4 is 10.5 Å². The van der Waals surface area contributed by atoms with E-state index in [-0.39, 0.29) is 41.7 Å². The zero-order valence-electron chi connectivity index (χ0n) is 17.7. The molecule has 2 aliphatic carbocycles. The van der Waals surface area contributed by atoms with Gasteiger partial charge in [-0.3, -0.25) is 4.79 Å². The molecule has 31 heavy (non-hydrogen) atoms. The number of hydrogen-bond acceptors (Lipinski definition) is 4. The van der Waals surface area contributed by atoms with E-state index in [4.69, 9.17) is 10.5 Å². The molecule has 2 saturated carbocycles. The van der Waals surface area contributed by atoms with Gasteiger partial charge in [0.2, 0.25) is 5.91 Å². The third-order valence-corrected chi connectivity index (χ3v) is 6.78. The van der Waals surface area contributed by atoms with Crippen molar-refractivity contribution in [2.24, 2.45) is 11.7 Å². The Kier molecular flexibility index (Phi) is 6.77. The Morgan fingerprint density at radius 1 is 1.10 bits per heavy atom. The van der Waals surface area contributed by atoms with E-state index in [2.05, 4.69) is 4.74 Å². The Balaban J connectivity index is 1.28. The van der Waals surface area contributed by atoms with Gasteiger partial charge < -0.3 is 20.1 Å². The lowest BCUT2D eigenvalue weighted by atomic mass is 9.82. The molecule has 3 aliphatic rings. The van der Waals surface area contributed by atoms with Crippen LogP contribution in [0, 0.1) is 5.92 Å². The number of likely N-dealkylation sites (tertiary alicyclic amines) is 1. The molecule has 0 spiro atoms. The molecule has 3 fully saturated rings. The molecule has 172 valence electrons. The smallest absolute Gasteiger partial charge is 0.406 e. The van der Waals surface area contributed by atoms with Crippen LogP contribution in [0.4, 0.5) is 13.2 Å².